The van der Waals surface area contributed by atoms with Crippen molar-refractivity contribution in [2.24, 2.45) is 10.2 Å². The van der Waals surface area contributed by atoms with E-state index in [1.165, 1.54) is 0 Å². The van der Waals surface area contributed by atoms with E-state index in [-0.39, 0.29) is 0 Å². The third kappa shape index (κ3) is 3.73. The third-order valence-electron chi connectivity index (χ3n) is 3.19. The maximum absolute atomic E-state index is 6.08. The number of fused-ring (bicyclic) bond motifs is 1. The van der Waals surface area contributed by atoms with E-state index in [4.69, 9.17) is 23.2 Å². The van der Waals surface area contributed by atoms with Crippen molar-refractivity contribution in [1.82, 2.24) is 9.97 Å². The van der Waals surface area contributed by atoms with E-state index < -0.39 is 0 Å². The van der Waals surface area contributed by atoms with Gasteiger partial charge >= 0.3 is 0 Å². The summed E-state index contributed by atoms with van der Waals surface area (Å²) in [5, 5.41) is 9.32. The van der Waals surface area contributed by atoms with Gasteiger partial charge in [-0.3, -0.25) is 4.98 Å². The zero-order chi connectivity index (χ0) is 16.2. The number of hydrogen-bond acceptors (Lipinski definition) is 4. The molecule has 0 N–H and O–H groups in total. The number of rotatable bonds is 3. The molecular weight excluding hydrogens is 331 g/mol. The quantitative estimate of drug-likeness (QED) is 0.508. The summed E-state index contributed by atoms with van der Waals surface area (Å²) in [5.74, 6) is 0. The molecule has 0 spiro atoms. The van der Waals surface area contributed by atoms with Crippen LogP contribution in [-0.2, 0) is 0 Å². The monoisotopic (exact) mass is 342 g/mol. The number of aromatic nitrogens is 2. The summed E-state index contributed by atoms with van der Waals surface area (Å²) in [6.45, 7) is 1.83. The highest BCUT2D eigenvalue weighted by Crippen LogP contribution is 2.19. The number of para-hydroxylation sites is 2. The SMILES string of the molecule is C/C(=N\N=C\c1ccc(Cl)cc1Cl)c1cnc2ccccc2n1. The summed E-state index contributed by atoms with van der Waals surface area (Å²) in [6, 6.07) is 12.9. The first-order valence-corrected chi connectivity index (χ1v) is 7.64. The third-order valence-corrected chi connectivity index (χ3v) is 3.75. The molecule has 0 fully saturated rings. The smallest absolute Gasteiger partial charge is 0.105 e. The van der Waals surface area contributed by atoms with Gasteiger partial charge in [-0.2, -0.15) is 10.2 Å². The Morgan fingerprint density at radius 2 is 1.87 bits per heavy atom. The summed E-state index contributed by atoms with van der Waals surface area (Å²) in [4.78, 5) is 8.88. The summed E-state index contributed by atoms with van der Waals surface area (Å²) in [5.41, 5.74) is 3.77. The minimum atomic E-state index is 0.527. The van der Waals surface area contributed by atoms with Crippen LogP contribution in [0.1, 0.15) is 18.2 Å². The van der Waals surface area contributed by atoms with Crippen molar-refractivity contribution >= 4 is 46.2 Å². The Kier molecular flexibility index (Phi) is 4.65. The molecule has 1 aromatic heterocycles. The molecule has 1 heterocycles. The van der Waals surface area contributed by atoms with Gasteiger partial charge in [0, 0.05) is 10.6 Å². The second kappa shape index (κ2) is 6.86. The first kappa shape index (κ1) is 15.6. The molecule has 2 aromatic carbocycles. The lowest BCUT2D eigenvalue weighted by atomic mass is 10.2. The van der Waals surface area contributed by atoms with Crippen molar-refractivity contribution < 1.29 is 0 Å². The van der Waals surface area contributed by atoms with Crippen molar-refractivity contribution in [3.8, 4) is 0 Å². The lowest BCUT2D eigenvalue weighted by molar-refractivity contribution is 1.20. The number of nitrogens with zero attached hydrogens (tertiary/aromatic N) is 4. The Morgan fingerprint density at radius 1 is 1.09 bits per heavy atom. The molecule has 0 saturated heterocycles. The van der Waals surface area contributed by atoms with E-state index in [9.17, 15) is 0 Å². The van der Waals surface area contributed by atoms with Crippen molar-refractivity contribution in [3.63, 3.8) is 0 Å². The molecule has 6 heteroatoms. The molecule has 0 aliphatic rings. The molecular formula is C17H12Cl2N4. The van der Waals surface area contributed by atoms with Gasteiger partial charge < -0.3 is 0 Å². The van der Waals surface area contributed by atoms with Crippen LogP contribution in [0.15, 0.2) is 58.9 Å². The van der Waals surface area contributed by atoms with E-state index >= 15 is 0 Å². The van der Waals surface area contributed by atoms with Gasteiger partial charge in [-0.25, -0.2) is 4.98 Å². The van der Waals surface area contributed by atoms with Gasteiger partial charge in [0.2, 0.25) is 0 Å². The summed E-state index contributed by atoms with van der Waals surface area (Å²) in [7, 11) is 0. The molecule has 0 amide bonds. The summed E-state index contributed by atoms with van der Waals surface area (Å²) >= 11 is 11.9. The van der Waals surface area contributed by atoms with Crippen molar-refractivity contribution in [2.75, 3.05) is 0 Å². The Balaban J connectivity index is 1.84. The van der Waals surface area contributed by atoms with Crippen LogP contribution >= 0.6 is 23.2 Å². The molecule has 23 heavy (non-hydrogen) atoms. The van der Waals surface area contributed by atoms with Crippen molar-refractivity contribution in [2.45, 2.75) is 6.92 Å². The maximum atomic E-state index is 6.08. The van der Waals surface area contributed by atoms with E-state index in [0.29, 0.717) is 21.5 Å². The van der Waals surface area contributed by atoms with E-state index in [1.54, 1.807) is 30.6 Å². The largest absolute Gasteiger partial charge is 0.252 e. The minimum absolute atomic E-state index is 0.527. The molecule has 3 rings (SSSR count). The first-order chi connectivity index (χ1) is 11.1. The molecule has 0 aliphatic carbocycles. The van der Waals surface area contributed by atoms with Crippen LogP contribution in [0.5, 0.6) is 0 Å². The average molecular weight is 343 g/mol. The molecule has 0 radical (unpaired) electrons. The Labute approximate surface area is 143 Å². The molecule has 0 atom stereocenters. The van der Waals surface area contributed by atoms with Crippen LogP contribution < -0.4 is 0 Å². The van der Waals surface area contributed by atoms with E-state index in [0.717, 1.165) is 16.6 Å². The standard InChI is InChI=1S/C17H12Cl2N4/c1-11(17-10-20-15-4-2-3-5-16(15)22-17)23-21-9-12-6-7-13(18)8-14(12)19/h2-10H,1H3/b21-9+,23-11+. The van der Waals surface area contributed by atoms with Gasteiger partial charge in [-0.1, -0.05) is 41.4 Å². The highest BCUT2D eigenvalue weighted by atomic mass is 35.5. The van der Waals surface area contributed by atoms with E-state index in [1.807, 2.05) is 31.2 Å². The summed E-state index contributed by atoms with van der Waals surface area (Å²) in [6.07, 6.45) is 3.27. The van der Waals surface area contributed by atoms with Gasteiger partial charge in [0.1, 0.15) is 5.69 Å². The maximum Gasteiger partial charge on any atom is 0.105 e. The molecule has 0 unspecified atom stereocenters. The zero-order valence-corrected chi connectivity index (χ0v) is 13.8. The number of halogens is 2. The lowest BCUT2D eigenvalue weighted by Crippen LogP contribution is -1.99. The molecule has 3 aromatic rings. The molecule has 0 saturated carbocycles. The fraction of sp³-hybridized carbons (Fsp3) is 0.0588. The summed E-state index contributed by atoms with van der Waals surface area (Å²) < 4.78 is 0. The van der Waals surface area contributed by atoms with Crippen molar-refractivity contribution in [3.05, 3.63) is 70.0 Å². The predicted octanol–water partition coefficient (Wildman–Crippen LogP) is 4.78. The fourth-order valence-corrected chi connectivity index (χ4v) is 2.42. The van der Waals surface area contributed by atoms with E-state index in [2.05, 4.69) is 20.2 Å². The number of benzene rings is 2. The predicted molar refractivity (Wildman–Crippen MR) is 95.8 cm³/mol. The first-order valence-electron chi connectivity index (χ1n) is 6.88. The van der Waals surface area contributed by atoms with Gasteiger partial charge in [0.05, 0.1) is 34.2 Å². The Hall–Kier alpha value is -2.30. The van der Waals surface area contributed by atoms with Gasteiger partial charge in [0.25, 0.3) is 0 Å². The highest BCUT2D eigenvalue weighted by molar-refractivity contribution is 6.36. The fourth-order valence-electron chi connectivity index (χ4n) is 1.97. The van der Waals surface area contributed by atoms with Crippen LogP contribution in [-0.4, -0.2) is 21.9 Å². The second-order valence-corrected chi connectivity index (χ2v) is 5.68. The van der Waals surface area contributed by atoms with Crippen LogP contribution in [0.4, 0.5) is 0 Å². The van der Waals surface area contributed by atoms with Crippen LogP contribution in [0.2, 0.25) is 10.0 Å². The van der Waals surface area contributed by atoms with Crippen LogP contribution in [0.3, 0.4) is 0 Å². The van der Waals surface area contributed by atoms with Gasteiger partial charge in [0.15, 0.2) is 0 Å². The average Bonchev–Trinajstić information content (AvgIpc) is 2.56. The number of hydrogen-bond donors (Lipinski definition) is 0. The zero-order valence-electron chi connectivity index (χ0n) is 12.2. The van der Waals surface area contributed by atoms with Crippen LogP contribution in [0.25, 0.3) is 11.0 Å². The Bertz CT molecular complexity index is 919. The topological polar surface area (TPSA) is 50.5 Å². The molecule has 0 aliphatic heterocycles. The molecule has 0 bridgehead atoms. The van der Waals surface area contributed by atoms with Gasteiger partial charge in [-0.15, -0.1) is 0 Å². The second-order valence-electron chi connectivity index (χ2n) is 4.84. The normalized spacial score (nSPS) is 12.2. The molecule has 114 valence electrons. The molecule has 4 nitrogen and oxygen atoms in total. The Morgan fingerprint density at radius 3 is 2.65 bits per heavy atom. The van der Waals surface area contributed by atoms with Crippen molar-refractivity contribution in [1.29, 1.82) is 0 Å². The minimum Gasteiger partial charge on any atom is -0.252 e. The van der Waals surface area contributed by atoms with Crippen LogP contribution in [0, 0.1) is 0 Å². The van der Waals surface area contributed by atoms with Gasteiger partial charge in [-0.05, 0) is 31.2 Å². The highest BCUT2D eigenvalue weighted by Gasteiger charge is 2.02. The lowest BCUT2D eigenvalue weighted by Gasteiger charge is -2.00.